The number of rotatable bonds is 1. The first-order valence-electron chi connectivity index (χ1n) is 6.74. The van der Waals surface area contributed by atoms with Gasteiger partial charge < -0.3 is 9.64 Å². The van der Waals surface area contributed by atoms with Crippen molar-refractivity contribution in [3.05, 3.63) is 0 Å². The summed E-state index contributed by atoms with van der Waals surface area (Å²) < 4.78 is 5.44. The Morgan fingerprint density at radius 1 is 1.39 bits per heavy atom. The van der Waals surface area contributed by atoms with E-state index in [1.165, 1.54) is 0 Å². The zero-order valence-corrected chi connectivity index (χ0v) is 11.9. The van der Waals surface area contributed by atoms with Crippen LogP contribution in [0.4, 0.5) is 4.79 Å². The molecule has 4 nitrogen and oxygen atoms in total. The summed E-state index contributed by atoms with van der Waals surface area (Å²) in [5, 5.41) is 9.08. The maximum Gasteiger partial charge on any atom is 0.410 e. The summed E-state index contributed by atoms with van der Waals surface area (Å²) in [7, 11) is 0. The minimum Gasteiger partial charge on any atom is -0.444 e. The molecule has 0 spiro atoms. The molecule has 1 fully saturated rings. The topological polar surface area (TPSA) is 53.3 Å². The summed E-state index contributed by atoms with van der Waals surface area (Å²) in [6.45, 7) is 8.18. The van der Waals surface area contributed by atoms with E-state index in [1.54, 1.807) is 4.90 Å². The molecule has 0 saturated carbocycles. The third-order valence-corrected chi connectivity index (χ3v) is 3.21. The molecular formula is C14H24N2O2. The Hall–Kier alpha value is -1.24. The van der Waals surface area contributed by atoms with Crippen LogP contribution in [0.15, 0.2) is 0 Å². The molecule has 0 aromatic rings. The first-order valence-corrected chi connectivity index (χ1v) is 6.74. The SMILES string of the molecule is CC(C#N)C1CCCCCN1C(=O)OC(C)(C)C. The molecule has 0 aliphatic carbocycles. The first kappa shape index (κ1) is 14.8. The number of hydrogen-bond donors (Lipinski definition) is 0. The Morgan fingerprint density at radius 3 is 2.61 bits per heavy atom. The number of likely N-dealkylation sites (tertiary alicyclic amines) is 1. The van der Waals surface area contributed by atoms with Crippen LogP contribution < -0.4 is 0 Å². The fourth-order valence-corrected chi connectivity index (χ4v) is 2.29. The van der Waals surface area contributed by atoms with Crippen LogP contribution in [-0.2, 0) is 4.74 Å². The molecule has 2 atom stereocenters. The molecule has 102 valence electrons. The van der Waals surface area contributed by atoms with Gasteiger partial charge in [0.15, 0.2) is 0 Å². The second-order valence-corrected chi connectivity index (χ2v) is 6.01. The van der Waals surface area contributed by atoms with E-state index >= 15 is 0 Å². The van der Waals surface area contributed by atoms with Gasteiger partial charge >= 0.3 is 6.09 Å². The number of carbonyl (C=O) groups is 1. The molecule has 0 N–H and O–H groups in total. The summed E-state index contributed by atoms with van der Waals surface area (Å²) in [5.41, 5.74) is -0.482. The van der Waals surface area contributed by atoms with E-state index in [4.69, 9.17) is 10.00 Å². The minimum atomic E-state index is -0.482. The highest BCUT2D eigenvalue weighted by Crippen LogP contribution is 2.24. The summed E-state index contributed by atoms with van der Waals surface area (Å²) in [6, 6.07) is 2.25. The monoisotopic (exact) mass is 252 g/mol. The summed E-state index contributed by atoms with van der Waals surface area (Å²) in [6.07, 6.45) is 3.81. The third kappa shape index (κ3) is 4.21. The largest absolute Gasteiger partial charge is 0.444 e. The van der Waals surface area contributed by atoms with Gasteiger partial charge in [-0.05, 0) is 40.5 Å². The second-order valence-electron chi connectivity index (χ2n) is 6.01. The smallest absolute Gasteiger partial charge is 0.410 e. The van der Waals surface area contributed by atoms with Crippen molar-refractivity contribution in [3.63, 3.8) is 0 Å². The van der Waals surface area contributed by atoms with Gasteiger partial charge in [-0.1, -0.05) is 12.8 Å². The van der Waals surface area contributed by atoms with Crippen molar-refractivity contribution in [1.29, 1.82) is 5.26 Å². The Balaban J connectivity index is 2.79. The number of nitrogens with zero attached hydrogens (tertiary/aromatic N) is 2. The molecule has 1 aliphatic rings. The predicted molar refractivity (Wildman–Crippen MR) is 70.0 cm³/mol. The zero-order valence-electron chi connectivity index (χ0n) is 11.9. The lowest BCUT2D eigenvalue weighted by atomic mass is 9.98. The van der Waals surface area contributed by atoms with Crippen LogP contribution in [-0.4, -0.2) is 29.2 Å². The third-order valence-electron chi connectivity index (χ3n) is 3.21. The van der Waals surface area contributed by atoms with Crippen molar-refractivity contribution in [2.45, 2.75) is 65.0 Å². The van der Waals surface area contributed by atoms with Crippen molar-refractivity contribution < 1.29 is 9.53 Å². The van der Waals surface area contributed by atoms with E-state index in [2.05, 4.69) is 6.07 Å². The second kappa shape index (κ2) is 6.08. The van der Waals surface area contributed by atoms with E-state index < -0.39 is 5.60 Å². The Bertz CT molecular complexity index is 328. The van der Waals surface area contributed by atoms with Crippen LogP contribution in [0.25, 0.3) is 0 Å². The maximum atomic E-state index is 12.2. The molecule has 0 bridgehead atoms. The average molecular weight is 252 g/mol. The lowest BCUT2D eigenvalue weighted by molar-refractivity contribution is 0.0134. The van der Waals surface area contributed by atoms with Gasteiger partial charge in [0, 0.05) is 6.54 Å². The Morgan fingerprint density at radius 2 is 2.06 bits per heavy atom. The first-order chi connectivity index (χ1) is 8.35. The van der Waals surface area contributed by atoms with Crippen LogP contribution >= 0.6 is 0 Å². The van der Waals surface area contributed by atoms with Crippen LogP contribution in [0, 0.1) is 17.2 Å². The van der Waals surface area contributed by atoms with Crippen LogP contribution in [0.1, 0.15) is 53.4 Å². The average Bonchev–Trinajstić information content (AvgIpc) is 2.50. The standard InChI is InChI=1S/C14H24N2O2/c1-11(10-15)12-8-6-5-7-9-16(12)13(17)18-14(2,3)4/h11-12H,5-9H2,1-4H3. The summed E-state index contributed by atoms with van der Waals surface area (Å²) >= 11 is 0. The van der Waals surface area contributed by atoms with Gasteiger partial charge in [0.1, 0.15) is 5.60 Å². The molecule has 0 radical (unpaired) electrons. The highest BCUT2D eigenvalue weighted by molar-refractivity contribution is 5.68. The normalized spacial score (nSPS) is 22.8. The van der Waals surface area contributed by atoms with Gasteiger partial charge in [-0.25, -0.2) is 4.79 Å². The summed E-state index contributed by atoms with van der Waals surface area (Å²) in [4.78, 5) is 13.9. The molecule has 18 heavy (non-hydrogen) atoms. The van der Waals surface area contributed by atoms with Crippen molar-refractivity contribution in [1.82, 2.24) is 4.90 Å². The molecule has 2 unspecified atom stereocenters. The Labute approximate surface area is 110 Å². The lowest BCUT2D eigenvalue weighted by Crippen LogP contribution is -2.45. The highest BCUT2D eigenvalue weighted by atomic mass is 16.6. The molecule has 1 heterocycles. The fourth-order valence-electron chi connectivity index (χ4n) is 2.29. The highest BCUT2D eigenvalue weighted by Gasteiger charge is 2.32. The van der Waals surface area contributed by atoms with Crippen LogP contribution in [0.2, 0.25) is 0 Å². The van der Waals surface area contributed by atoms with Gasteiger partial charge in [-0.2, -0.15) is 5.26 Å². The number of ether oxygens (including phenoxy) is 1. The fraction of sp³-hybridized carbons (Fsp3) is 0.857. The number of hydrogen-bond acceptors (Lipinski definition) is 3. The molecular weight excluding hydrogens is 228 g/mol. The molecule has 1 amide bonds. The van der Waals surface area contributed by atoms with Crippen molar-refractivity contribution in [2.75, 3.05) is 6.54 Å². The molecule has 1 rings (SSSR count). The molecule has 4 heteroatoms. The van der Waals surface area contributed by atoms with E-state index in [9.17, 15) is 4.79 Å². The van der Waals surface area contributed by atoms with E-state index in [0.29, 0.717) is 6.54 Å². The van der Waals surface area contributed by atoms with E-state index in [0.717, 1.165) is 25.7 Å². The van der Waals surface area contributed by atoms with E-state index in [1.807, 2.05) is 27.7 Å². The molecule has 0 aromatic heterocycles. The van der Waals surface area contributed by atoms with Gasteiger partial charge in [-0.15, -0.1) is 0 Å². The van der Waals surface area contributed by atoms with Gasteiger partial charge in [0.2, 0.25) is 0 Å². The number of carbonyl (C=O) groups excluding carboxylic acids is 1. The number of amides is 1. The van der Waals surface area contributed by atoms with Crippen molar-refractivity contribution >= 4 is 6.09 Å². The predicted octanol–water partition coefficient (Wildman–Crippen LogP) is 3.33. The van der Waals surface area contributed by atoms with Gasteiger partial charge in [0.25, 0.3) is 0 Å². The van der Waals surface area contributed by atoms with Gasteiger partial charge in [-0.3, -0.25) is 0 Å². The van der Waals surface area contributed by atoms with Crippen molar-refractivity contribution in [2.24, 2.45) is 5.92 Å². The van der Waals surface area contributed by atoms with Crippen molar-refractivity contribution in [3.8, 4) is 6.07 Å². The maximum absolute atomic E-state index is 12.2. The quantitative estimate of drug-likeness (QED) is 0.719. The molecule has 1 saturated heterocycles. The van der Waals surface area contributed by atoms with Crippen LogP contribution in [0.3, 0.4) is 0 Å². The zero-order chi connectivity index (χ0) is 13.8. The van der Waals surface area contributed by atoms with Gasteiger partial charge in [0.05, 0.1) is 18.0 Å². The number of nitriles is 1. The Kier molecular flexibility index (Phi) is 5.01. The molecule has 1 aliphatic heterocycles. The van der Waals surface area contributed by atoms with Crippen LogP contribution in [0.5, 0.6) is 0 Å². The lowest BCUT2D eigenvalue weighted by Gasteiger charge is -2.33. The van der Waals surface area contributed by atoms with E-state index in [-0.39, 0.29) is 18.1 Å². The summed E-state index contributed by atoms with van der Waals surface area (Å²) in [5.74, 6) is -0.143. The minimum absolute atomic E-state index is 0.00708. The molecule has 0 aromatic carbocycles.